The maximum absolute atomic E-state index is 11.6. The fourth-order valence-electron chi connectivity index (χ4n) is 1.54. The van der Waals surface area contributed by atoms with Gasteiger partial charge in [0.25, 0.3) is 0 Å². The Morgan fingerprint density at radius 2 is 2.31 bits per heavy atom. The van der Waals surface area contributed by atoms with Gasteiger partial charge < -0.3 is 15.6 Å². The maximum Gasteiger partial charge on any atom is 0.236 e. The summed E-state index contributed by atoms with van der Waals surface area (Å²) in [5.41, 5.74) is 0.984. The minimum Gasteiger partial charge on any atom is -0.358 e. The molecule has 16 heavy (non-hydrogen) atoms. The molecule has 0 aliphatic rings. The molecule has 1 heterocycles. The Hall–Kier alpha value is -1.36. The molecular formula is C11H20N4O. The number of H-pyrrole nitrogens is 1. The highest BCUT2D eigenvalue weighted by Gasteiger charge is 2.17. The van der Waals surface area contributed by atoms with E-state index >= 15 is 0 Å². The van der Waals surface area contributed by atoms with Gasteiger partial charge in [-0.1, -0.05) is 13.8 Å². The average Bonchev–Trinajstić information content (AvgIpc) is 2.75. The predicted molar refractivity (Wildman–Crippen MR) is 62.7 cm³/mol. The molecule has 0 spiro atoms. The lowest BCUT2D eigenvalue weighted by Crippen LogP contribution is -2.43. The molecule has 5 heteroatoms. The van der Waals surface area contributed by atoms with E-state index in [1.54, 1.807) is 19.6 Å². The molecule has 1 atom stereocenters. The number of imidazole rings is 1. The van der Waals surface area contributed by atoms with Crippen LogP contribution < -0.4 is 10.6 Å². The Bertz CT molecular complexity index is 308. The van der Waals surface area contributed by atoms with Gasteiger partial charge in [0.15, 0.2) is 0 Å². The molecule has 0 radical (unpaired) electrons. The maximum atomic E-state index is 11.6. The van der Waals surface area contributed by atoms with Gasteiger partial charge in [0, 0.05) is 25.5 Å². The molecule has 1 amide bonds. The van der Waals surface area contributed by atoms with E-state index in [9.17, 15) is 4.79 Å². The number of aromatic nitrogens is 2. The van der Waals surface area contributed by atoms with Crippen molar-refractivity contribution < 1.29 is 4.79 Å². The molecule has 0 saturated carbocycles. The second-order valence-electron chi connectivity index (χ2n) is 4.25. The fraction of sp³-hybridized carbons (Fsp3) is 0.636. The molecule has 1 rings (SSSR count). The molecule has 0 fully saturated rings. The fourth-order valence-corrected chi connectivity index (χ4v) is 1.54. The van der Waals surface area contributed by atoms with Crippen LogP contribution in [-0.2, 0) is 11.3 Å². The topological polar surface area (TPSA) is 69.8 Å². The minimum atomic E-state index is -0.145. The number of aromatic amines is 1. The van der Waals surface area contributed by atoms with Crippen molar-refractivity contribution in [2.24, 2.45) is 5.92 Å². The summed E-state index contributed by atoms with van der Waals surface area (Å²) in [5.74, 6) is 0.518. The molecule has 90 valence electrons. The Kier molecular flexibility index (Phi) is 4.98. The number of rotatable bonds is 6. The average molecular weight is 224 g/mol. The molecule has 1 aromatic rings. The van der Waals surface area contributed by atoms with E-state index < -0.39 is 0 Å². The lowest BCUT2D eigenvalue weighted by Gasteiger charge is -2.18. The zero-order valence-corrected chi connectivity index (χ0v) is 10.1. The largest absolute Gasteiger partial charge is 0.358 e. The van der Waals surface area contributed by atoms with Crippen molar-refractivity contribution in [3.05, 3.63) is 18.2 Å². The van der Waals surface area contributed by atoms with Crippen LogP contribution in [0, 0.1) is 5.92 Å². The summed E-state index contributed by atoms with van der Waals surface area (Å²) in [4.78, 5) is 18.5. The van der Waals surface area contributed by atoms with Crippen molar-refractivity contribution in [1.29, 1.82) is 0 Å². The Morgan fingerprint density at radius 1 is 1.56 bits per heavy atom. The minimum absolute atomic E-state index is 0.0354. The molecule has 1 aromatic heterocycles. The van der Waals surface area contributed by atoms with Crippen molar-refractivity contribution in [3.8, 4) is 0 Å². The number of nitrogens with one attached hydrogen (secondary N) is 3. The first-order valence-electron chi connectivity index (χ1n) is 5.55. The second kappa shape index (κ2) is 6.27. The molecule has 0 saturated heterocycles. The van der Waals surface area contributed by atoms with Crippen LogP contribution in [0.2, 0.25) is 0 Å². The Balaban J connectivity index is 2.46. The lowest BCUT2D eigenvalue weighted by molar-refractivity contribution is -0.123. The summed E-state index contributed by atoms with van der Waals surface area (Å²) in [6.45, 7) is 4.84. The van der Waals surface area contributed by atoms with Gasteiger partial charge in [-0.15, -0.1) is 0 Å². The summed E-state index contributed by atoms with van der Waals surface area (Å²) < 4.78 is 0. The van der Waals surface area contributed by atoms with Crippen LogP contribution in [0.25, 0.3) is 0 Å². The first-order valence-corrected chi connectivity index (χ1v) is 5.55. The standard InChI is InChI=1S/C11H20N4O/c1-8(2)4-10(11(16)12-3)14-6-9-5-13-7-15-9/h5,7-8,10,14H,4,6H2,1-3H3,(H,12,16)(H,13,15). The van der Waals surface area contributed by atoms with Crippen molar-refractivity contribution >= 4 is 5.91 Å². The molecule has 5 nitrogen and oxygen atoms in total. The van der Waals surface area contributed by atoms with E-state index in [1.165, 1.54) is 0 Å². The molecule has 0 aliphatic carbocycles. The molecular weight excluding hydrogens is 204 g/mol. The highest BCUT2D eigenvalue weighted by Crippen LogP contribution is 2.05. The zero-order chi connectivity index (χ0) is 12.0. The number of carbonyl (C=O) groups is 1. The van der Waals surface area contributed by atoms with E-state index in [4.69, 9.17) is 0 Å². The van der Waals surface area contributed by atoms with Crippen LogP contribution >= 0.6 is 0 Å². The van der Waals surface area contributed by atoms with Crippen LogP contribution in [0.5, 0.6) is 0 Å². The lowest BCUT2D eigenvalue weighted by atomic mass is 10.0. The highest BCUT2D eigenvalue weighted by atomic mass is 16.2. The number of carbonyl (C=O) groups excluding carboxylic acids is 1. The van der Waals surface area contributed by atoms with Gasteiger partial charge in [0.05, 0.1) is 12.4 Å². The normalized spacial score (nSPS) is 12.8. The zero-order valence-electron chi connectivity index (χ0n) is 10.1. The van der Waals surface area contributed by atoms with Gasteiger partial charge in [-0.2, -0.15) is 0 Å². The second-order valence-corrected chi connectivity index (χ2v) is 4.25. The Morgan fingerprint density at radius 3 is 2.81 bits per heavy atom. The van der Waals surface area contributed by atoms with Crippen molar-refractivity contribution in [1.82, 2.24) is 20.6 Å². The smallest absolute Gasteiger partial charge is 0.236 e. The van der Waals surface area contributed by atoms with Crippen LogP contribution in [-0.4, -0.2) is 29.0 Å². The first kappa shape index (κ1) is 12.7. The van der Waals surface area contributed by atoms with Gasteiger partial charge in [-0.3, -0.25) is 4.79 Å². The summed E-state index contributed by atoms with van der Waals surface area (Å²) >= 11 is 0. The van der Waals surface area contributed by atoms with Gasteiger partial charge in [0.2, 0.25) is 5.91 Å². The number of hydrogen-bond acceptors (Lipinski definition) is 3. The third-order valence-electron chi connectivity index (χ3n) is 2.36. The number of likely N-dealkylation sites (N-methyl/N-ethyl adjacent to an activating group) is 1. The van der Waals surface area contributed by atoms with E-state index in [1.807, 2.05) is 0 Å². The highest BCUT2D eigenvalue weighted by molar-refractivity contribution is 5.81. The van der Waals surface area contributed by atoms with Crippen LogP contribution in [0.4, 0.5) is 0 Å². The number of amides is 1. The summed E-state index contributed by atoms with van der Waals surface area (Å²) in [6, 6.07) is -0.145. The Labute approximate surface area is 96.0 Å². The van der Waals surface area contributed by atoms with Gasteiger partial charge in [0.1, 0.15) is 0 Å². The predicted octanol–water partition coefficient (Wildman–Crippen LogP) is 0.660. The van der Waals surface area contributed by atoms with Crippen molar-refractivity contribution in [2.75, 3.05) is 7.05 Å². The third-order valence-corrected chi connectivity index (χ3v) is 2.36. The quantitative estimate of drug-likeness (QED) is 0.665. The van der Waals surface area contributed by atoms with Crippen molar-refractivity contribution in [3.63, 3.8) is 0 Å². The number of nitrogens with zero attached hydrogens (tertiary/aromatic N) is 1. The van der Waals surface area contributed by atoms with Gasteiger partial charge in [-0.25, -0.2) is 4.98 Å². The summed E-state index contributed by atoms with van der Waals surface area (Å²) in [5, 5.41) is 5.89. The SMILES string of the molecule is CNC(=O)C(CC(C)C)NCc1cnc[nH]1. The van der Waals surface area contributed by atoms with Crippen LogP contribution in [0.15, 0.2) is 12.5 Å². The van der Waals surface area contributed by atoms with Gasteiger partial charge >= 0.3 is 0 Å². The van der Waals surface area contributed by atoms with E-state index in [2.05, 4.69) is 34.4 Å². The van der Waals surface area contributed by atoms with Crippen molar-refractivity contribution in [2.45, 2.75) is 32.9 Å². The molecule has 0 aliphatic heterocycles. The third kappa shape index (κ3) is 4.02. The van der Waals surface area contributed by atoms with E-state index in [0.29, 0.717) is 12.5 Å². The van der Waals surface area contributed by atoms with Gasteiger partial charge in [-0.05, 0) is 12.3 Å². The molecule has 0 bridgehead atoms. The molecule has 0 aromatic carbocycles. The van der Waals surface area contributed by atoms with Crippen LogP contribution in [0.1, 0.15) is 26.0 Å². The number of hydrogen-bond donors (Lipinski definition) is 3. The molecule has 3 N–H and O–H groups in total. The monoisotopic (exact) mass is 224 g/mol. The van der Waals surface area contributed by atoms with E-state index in [0.717, 1.165) is 12.1 Å². The summed E-state index contributed by atoms with van der Waals surface area (Å²) in [7, 11) is 1.66. The first-order chi connectivity index (χ1) is 7.63. The molecule has 1 unspecified atom stereocenters. The summed E-state index contributed by atoms with van der Waals surface area (Å²) in [6.07, 6.45) is 4.21. The van der Waals surface area contributed by atoms with Crippen LogP contribution in [0.3, 0.4) is 0 Å². The van der Waals surface area contributed by atoms with E-state index in [-0.39, 0.29) is 11.9 Å².